The lowest BCUT2D eigenvalue weighted by molar-refractivity contribution is -0.0965. The third-order valence-corrected chi connectivity index (χ3v) is 3.31. The van der Waals surface area contributed by atoms with E-state index in [2.05, 4.69) is 4.90 Å². The van der Waals surface area contributed by atoms with Gasteiger partial charge in [-0.1, -0.05) is 17.7 Å². The summed E-state index contributed by atoms with van der Waals surface area (Å²) in [4.78, 5) is 2.25. The van der Waals surface area contributed by atoms with Gasteiger partial charge in [-0.25, -0.2) is 0 Å². The second-order valence-electron chi connectivity index (χ2n) is 4.82. The molecule has 1 saturated heterocycles. The molecule has 0 aromatic heterocycles. The van der Waals surface area contributed by atoms with Gasteiger partial charge in [0.25, 0.3) is 0 Å². The lowest BCUT2D eigenvalue weighted by Gasteiger charge is -2.35. The van der Waals surface area contributed by atoms with E-state index in [0.717, 1.165) is 25.4 Å². The molecule has 5 heteroatoms. The van der Waals surface area contributed by atoms with Crippen molar-refractivity contribution in [1.82, 2.24) is 4.90 Å². The van der Waals surface area contributed by atoms with Crippen LogP contribution in [0.2, 0.25) is 5.02 Å². The normalized spacial score (nSPS) is 24.4. The average Bonchev–Trinajstić information content (AvgIpc) is 2.38. The van der Waals surface area contributed by atoms with Crippen molar-refractivity contribution < 1.29 is 14.6 Å². The Bertz CT molecular complexity index is 402. The van der Waals surface area contributed by atoms with Crippen LogP contribution >= 0.6 is 11.6 Å². The third-order valence-electron chi connectivity index (χ3n) is 3.08. The number of ether oxygens (including phenoxy) is 2. The van der Waals surface area contributed by atoms with E-state index in [9.17, 15) is 0 Å². The molecule has 1 heterocycles. The van der Waals surface area contributed by atoms with Crippen molar-refractivity contribution >= 4 is 11.6 Å². The number of rotatable bonds is 5. The van der Waals surface area contributed by atoms with Gasteiger partial charge in [0.15, 0.2) is 0 Å². The van der Waals surface area contributed by atoms with Crippen molar-refractivity contribution in [1.29, 1.82) is 0 Å². The van der Waals surface area contributed by atoms with Crippen LogP contribution in [0.25, 0.3) is 0 Å². The van der Waals surface area contributed by atoms with Crippen LogP contribution in [-0.4, -0.2) is 55.1 Å². The SMILES string of the molecule is CC1CN(CCOc2cccc(Cl)c2)CC(CO)O1. The molecule has 1 aliphatic rings. The zero-order chi connectivity index (χ0) is 13.7. The number of hydrogen-bond donors (Lipinski definition) is 1. The fourth-order valence-electron chi connectivity index (χ4n) is 2.27. The Morgan fingerprint density at radius 2 is 2.32 bits per heavy atom. The largest absolute Gasteiger partial charge is 0.492 e. The minimum atomic E-state index is -0.0880. The average molecular weight is 286 g/mol. The predicted octanol–water partition coefficient (Wildman–Crippen LogP) is 1.80. The predicted molar refractivity (Wildman–Crippen MR) is 74.8 cm³/mol. The van der Waals surface area contributed by atoms with E-state index in [0.29, 0.717) is 11.6 Å². The van der Waals surface area contributed by atoms with Crippen LogP contribution in [0.3, 0.4) is 0 Å². The molecule has 1 fully saturated rings. The molecule has 106 valence electrons. The molecular formula is C14H20ClNO3. The summed E-state index contributed by atoms with van der Waals surface area (Å²) < 4.78 is 11.3. The summed E-state index contributed by atoms with van der Waals surface area (Å²) in [6, 6.07) is 7.39. The molecule has 0 radical (unpaired) electrons. The Morgan fingerprint density at radius 3 is 3.05 bits per heavy atom. The number of hydrogen-bond acceptors (Lipinski definition) is 4. The van der Waals surface area contributed by atoms with E-state index < -0.39 is 0 Å². The van der Waals surface area contributed by atoms with Gasteiger partial charge in [-0.05, 0) is 25.1 Å². The molecule has 19 heavy (non-hydrogen) atoms. The van der Waals surface area contributed by atoms with Crippen LogP contribution in [0, 0.1) is 0 Å². The van der Waals surface area contributed by atoms with Crippen LogP contribution in [0.15, 0.2) is 24.3 Å². The number of halogens is 1. The fraction of sp³-hybridized carbons (Fsp3) is 0.571. The van der Waals surface area contributed by atoms with Crippen LogP contribution in [0.1, 0.15) is 6.92 Å². The van der Waals surface area contributed by atoms with E-state index in [-0.39, 0.29) is 18.8 Å². The Morgan fingerprint density at radius 1 is 1.47 bits per heavy atom. The quantitative estimate of drug-likeness (QED) is 0.896. The van der Waals surface area contributed by atoms with Gasteiger partial charge in [0.05, 0.1) is 18.8 Å². The van der Waals surface area contributed by atoms with Crippen molar-refractivity contribution in [3.8, 4) is 5.75 Å². The molecule has 1 N–H and O–H groups in total. The first kappa shape index (κ1) is 14.6. The zero-order valence-electron chi connectivity index (χ0n) is 11.1. The Balaban J connectivity index is 1.76. The van der Waals surface area contributed by atoms with Crippen molar-refractivity contribution in [3.63, 3.8) is 0 Å². The molecule has 0 amide bonds. The third kappa shape index (κ3) is 4.66. The molecule has 1 aliphatic heterocycles. The van der Waals surface area contributed by atoms with Gasteiger partial charge in [-0.2, -0.15) is 0 Å². The number of benzene rings is 1. The lowest BCUT2D eigenvalue weighted by Crippen LogP contribution is -2.49. The maximum atomic E-state index is 9.16. The highest BCUT2D eigenvalue weighted by Gasteiger charge is 2.24. The summed E-state index contributed by atoms with van der Waals surface area (Å²) in [6.07, 6.45) is 0.0620. The van der Waals surface area contributed by atoms with Gasteiger partial charge >= 0.3 is 0 Å². The smallest absolute Gasteiger partial charge is 0.120 e. The first-order chi connectivity index (χ1) is 9.17. The fourth-order valence-corrected chi connectivity index (χ4v) is 2.45. The Kier molecular flexibility index (Phi) is 5.45. The molecule has 2 rings (SSSR count). The second kappa shape index (κ2) is 7.10. The van der Waals surface area contributed by atoms with E-state index in [1.165, 1.54) is 0 Å². The molecule has 1 aromatic carbocycles. The summed E-state index contributed by atoms with van der Waals surface area (Å²) in [5.74, 6) is 0.785. The lowest BCUT2D eigenvalue weighted by atomic mass is 10.2. The standard InChI is InChI=1S/C14H20ClNO3/c1-11-8-16(9-14(10-17)19-11)5-6-18-13-4-2-3-12(15)7-13/h2-4,7,11,14,17H,5-6,8-10H2,1H3. The minimum Gasteiger partial charge on any atom is -0.492 e. The topological polar surface area (TPSA) is 41.9 Å². The van der Waals surface area contributed by atoms with Crippen LogP contribution in [0.4, 0.5) is 0 Å². The van der Waals surface area contributed by atoms with Gasteiger partial charge in [0.2, 0.25) is 0 Å². The first-order valence-electron chi connectivity index (χ1n) is 6.54. The number of morpholine rings is 1. The molecule has 1 aromatic rings. The van der Waals surface area contributed by atoms with Crippen LogP contribution < -0.4 is 4.74 Å². The Labute approximate surface area is 118 Å². The van der Waals surface area contributed by atoms with E-state index in [4.69, 9.17) is 26.2 Å². The Hall–Kier alpha value is -0.810. The minimum absolute atomic E-state index is 0.0655. The molecule has 0 bridgehead atoms. The summed E-state index contributed by atoms with van der Waals surface area (Å²) in [5.41, 5.74) is 0. The van der Waals surface area contributed by atoms with E-state index in [1.807, 2.05) is 25.1 Å². The molecule has 2 unspecified atom stereocenters. The van der Waals surface area contributed by atoms with Crippen LogP contribution in [-0.2, 0) is 4.74 Å². The summed E-state index contributed by atoms with van der Waals surface area (Å²) in [7, 11) is 0. The number of aliphatic hydroxyl groups excluding tert-OH is 1. The highest BCUT2D eigenvalue weighted by atomic mass is 35.5. The number of aliphatic hydroxyl groups is 1. The van der Waals surface area contributed by atoms with Crippen molar-refractivity contribution in [2.45, 2.75) is 19.1 Å². The highest BCUT2D eigenvalue weighted by Crippen LogP contribution is 2.17. The van der Waals surface area contributed by atoms with Gasteiger partial charge in [-0.15, -0.1) is 0 Å². The summed E-state index contributed by atoms with van der Waals surface area (Å²) in [5, 5.41) is 9.84. The summed E-state index contributed by atoms with van der Waals surface area (Å²) >= 11 is 5.89. The van der Waals surface area contributed by atoms with Crippen molar-refractivity contribution in [3.05, 3.63) is 29.3 Å². The van der Waals surface area contributed by atoms with Crippen LogP contribution in [0.5, 0.6) is 5.75 Å². The molecule has 4 nitrogen and oxygen atoms in total. The van der Waals surface area contributed by atoms with E-state index >= 15 is 0 Å². The van der Waals surface area contributed by atoms with Gasteiger partial charge in [0, 0.05) is 24.7 Å². The first-order valence-corrected chi connectivity index (χ1v) is 6.92. The molecular weight excluding hydrogens is 266 g/mol. The number of nitrogens with zero attached hydrogens (tertiary/aromatic N) is 1. The maximum absolute atomic E-state index is 9.16. The molecule has 0 spiro atoms. The van der Waals surface area contributed by atoms with Crippen molar-refractivity contribution in [2.75, 3.05) is 32.8 Å². The van der Waals surface area contributed by atoms with Gasteiger partial charge < -0.3 is 14.6 Å². The molecule has 0 aliphatic carbocycles. The second-order valence-corrected chi connectivity index (χ2v) is 5.25. The van der Waals surface area contributed by atoms with Gasteiger partial charge in [-0.3, -0.25) is 4.90 Å². The van der Waals surface area contributed by atoms with Gasteiger partial charge in [0.1, 0.15) is 12.4 Å². The maximum Gasteiger partial charge on any atom is 0.120 e. The zero-order valence-corrected chi connectivity index (χ0v) is 11.8. The molecule has 0 saturated carbocycles. The van der Waals surface area contributed by atoms with E-state index in [1.54, 1.807) is 6.07 Å². The molecule has 2 atom stereocenters. The van der Waals surface area contributed by atoms with Crippen molar-refractivity contribution in [2.24, 2.45) is 0 Å². The highest BCUT2D eigenvalue weighted by molar-refractivity contribution is 6.30. The monoisotopic (exact) mass is 285 g/mol. The summed E-state index contributed by atoms with van der Waals surface area (Å²) in [6.45, 7) is 5.12.